The lowest BCUT2D eigenvalue weighted by Gasteiger charge is -2.13. The number of benzene rings is 2. The Morgan fingerprint density at radius 2 is 1.79 bits per heavy atom. The quantitative estimate of drug-likeness (QED) is 0.638. The van der Waals surface area contributed by atoms with E-state index in [4.69, 9.17) is 9.47 Å². The third kappa shape index (κ3) is 4.87. The summed E-state index contributed by atoms with van der Waals surface area (Å²) in [6.07, 6.45) is 0.673. The Hall–Kier alpha value is -3.48. The number of nitrogens with zero attached hydrogens (tertiary/aromatic N) is 2. The molecule has 0 radical (unpaired) electrons. The number of ether oxygens (including phenoxy) is 2. The Morgan fingerprint density at radius 3 is 2.48 bits per heavy atom. The second-order valence-electron chi connectivity index (χ2n) is 6.68. The Bertz CT molecular complexity index is 997. The first-order chi connectivity index (χ1) is 14.0. The van der Waals surface area contributed by atoms with Gasteiger partial charge in [0.25, 0.3) is 0 Å². The number of anilines is 1. The molecule has 0 saturated heterocycles. The van der Waals surface area contributed by atoms with E-state index in [-0.39, 0.29) is 6.03 Å². The van der Waals surface area contributed by atoms with Gasteiger partial charge in [0, 0.05) is 12.2 Å². The molecular weight excluding hydrogens is 368 g/mol. The zero-order valence-corrected chi connectivity index (χ0v) is 17.2. The van der Waals surface area contributed by atoms with Crippen LogP contribution in [0.15, 0.2) is 48.5 Å². The molecule has 0 unspecified atom stereocenters. The summed E-state index contributed by atoms with van der Waals surface area (Å²) in [5, 5.41) is 10.3. The molecule has 0 fully saturated rings. The van der Waals surface area contributed by atoms with Crippen LogP contribution in [0.3, 0.4) is 0 Å². The van der Waals surface area contributed by atoms with Gasteiger partial charge in [-0.2, -0.15) is 5.10 Å². The molecule has 0 atom stereocenters. The minimum Gasteiger partial charge on any atom is -0.493 e. The van der Waals surface area contributed by atoms with Gasteiger partial charge in [-0.15, -0.1) is 0 Å². The molecule has 2 amide bonds. The van der Waals surface area contributed by atoms with Crippen LogP contribution < -0.4 is 20.1 Å². The van der Waals surface area contributed by atoms with Gasteiger partial charge in [0.05, 0.1) is 31.3 Å². The van der Waals surface area contributed by atoms with Gasteiger partial charge in [-0.25, -0.2) is 9.48 Å². The fraction of sp³-hybridized carbons (Fsp3) is 0.273. The van der Waals surface area contributed by atoms with Crippen LogP contribution in [0, 0.1) is 13.8 Å². The molecular formula is C22H26N4O3. The summed E-state index contributed by atoms with van der Waals surface area (Å²) < 4.78 is 12.4. The summed E-state index contributed by atoms with van der Waals surface area (Å²) in [5.41, 5.74) is 4.50. The van der Waals surface area contributed by atoms with Crippen molar-refractivity contribution in [3.8, 4) is 17.2 Å². The van der Waals surface area contributed by atoms with Gasteiger partial charge in [0.1, 0.15) is 0 Å². The number of methoxy groups -OCH3 is 2. The van der Waals surface area contributed by atoms with Gasteiger partial charge in [-0.1, -0.05) is 18.2 Å². The van der Waals surface area contributed by atoms with Gasteiger partial charge in [-0.05, 0) is 56.2 Å². The first-order valence-corrected chi connectivity index (χ1v) is 9.40. The van der Waals surface area contributed by atoms with E-state index in [1.807, 2.05) is 67.1 Å². The lowest BCUT2D eigenvalue weighted by molar-refractivity contribution is 0.252. The second kappa shape index (κ2) is 9.14. The smallest absolute Gasteiger partial charge is 0.319 e. The lowest BCUT2D eigenvalue weighted by Crippen LogP contribution is -2.30. The maximum atomic E-state index is 12.4. The van der Waals surface area contributed by atoms with E-state index in [0.29, 0.717) is 30.2 Å². The number of para-hydroxylation sites is 2. The molecule has 2 aromatic carbocycles. The topological polar surface area (TPSA) is 77.4 Å². The standard InChI is InChI=1S/C22H26N4O3/c1-15-13-16(2)26(25-15)19-8-6-5-7-18(19)24-22(27)23-12-11-17-9-10-20(28-3)21(14-17)29-4/h5-10,13-14H,11-12H2,1-4H3,(H2,23,24,27). The van der Waals surface area contributed by atoms with E-state index in [2.05, 4.69) is 15.7 Å². The number of rotatable bonds is 7. The summed E-state index contributed by atoms with van der Waals surface area (Å²) in [6, 6.07) is 15.1. The number of carbonyl (C=O) groups is 1. The summed E-state index contributed by atoms with van der Waals surface area (Å²) in [7, 11) is 3.21. The molecule has 0 aliphatic carbocycles. The van der Waals surface area contributed by atoms with E-state index in [1.165, 1.54) is 0 Å². The van der Waals surface area contributed by atoms with Gasteiger partial charge in [0.15, 0.2) is 11.5 Å². The van der Waals surface area contributed by atoms with Crippen molar-refractivity contribution < 1.29 is 14.3 Å². The Labute approximate surface area is 170 Å². The summed E-state index contributed by atoms with van der Waals surface area (Å²) >= 11 is 0. The molecule has 0 bridgehead atoms. The molecule has 0 aliphatic heterocycles. The lowest BCUT2D eigenvalue weighted by atomic mass is 10.1. The molecule has 0 aliphatic rings. The second-order valence-corrected chi connectivity index (χ2v) is 6.68. The van der Waals surface area contributed by atoms with E-state index in [1.54, 1.807) is 14.2 Å². The van der Waals surface area contributed by atoms with Crippen LogP contribution in [-0.4, -0.2) is 36.6 Å². The van der Waals surface area contributed by atoms with Crippen LogP contribution in [-0.2, 0) is 6.42 Å². The number of aromatic nitrogens is 2. The largest absolute Gasteiger partial charge is 0.493 e. The number of urea groups is 1. The molecule has 152 valence electrons. The average molecular weight is 394 g/mol. The van der Waals surface area contributed by atoms with E-state index in [9.17, 15) is 4.79 Å². The van der Waals surface area contributed by atoms with E-state index in [0.717, 1.165) is 22.6 Å². The summed E-state index contributed by atoms with van der Waals surface area (Å²) in [5.74, 6) is 1.36. The van der Waals surface area contributed by atoms with Crippen LogP contribution in [0.5, 0.6) is 11.5 Å². The molecule has 3 aromatic rings. The van der Waals surface area contributed by atoms with Gasteiger partial charge >= 0.3 is 6.03 Å². The fourth-order valence-corrected chi connectivity index (χ4v) is 3.16. The van der Waals surface area contributed by atoms with E-state index < -0.39 is 0 Å². The van der Waals surface area contributed by atoms with Crippen molar-refractivity contribution in [2.75, 3.05) is 26.1 Å². The highest BCUT2D eigenvalue weighted by Gasteiger charge is 2.11. The highest BCUT2D eigenvalue weighted by Crippen LogP contribution is 2.27. The minimum atomic E-state index is -0.264. The zero-order valence-electron chi connectivity index (χ0n) is 17.2. The third-order valence-electron chi connectivity index (χ3n) is 4.54. The predicted molar refractivity (Wildman–Crippen MR) is 113 cm³/mol. The predicted octanol–water partition coefficient (Wildman–Crippen LogP) is 3.87. The maximum Gasteiger partial charge on any atom is 0.319 e. The number of hydrogen-bond acceptors (Lipinski definition) is 4. The number of amides is 2. The van der Waals surface area contributed by atoms with Crippen LogP contribution >= 0.6 is 0 Å². The van der Waals surface area contributed by atoms with Gasteiger partial charge in [-0.3, -0.25) is 0 Å². The minimum absolute atomic E-state index is 0.264. The van der Waals surface area contributed by atoms with Crippen molar-refractivity contribution in [3.63, 3.8) is 0 Å². The van der Waals surface area contributed by atoms with E-state index >= 15 is 0 Å². The van der Waals surface area contributed by atoms with Gasteiger partial charge < -0.3 is 20.1 Å². The Kier molecular flexibility index (Phi) is 6.39. The molecule has 0 saturated carbocycles. The van der Waals surface area contributed by atoms with Crippen molar-refractivity contribution in [3.05, 3.63) is 65.5 Å². The number of hydrogen-bond donors (Lipinski definition) is 2. The SMILES string of the molecule is COc1ccc(CCNC(=O)Nc2ccccc2-n2nc(C)cc2C)cc1OC. The van der Waals surface area contributed by atoms with Crippen LogP contribution in [0.2, 0.25) is 0 Å². The normalized spacial score (nSPS) is 10.5. The fourth-order valence-electron chi connectivity index (χ4n) is 3.16. The molecule has 1 heterocycles. The molecule has 1 aromatic heterocycles. The molecule has 7 heteroatoms. The zero-order chi connectivity index (χ0) is 20.8. The number of carbonyl (C=O) groups excluding carboxylic acids is 1. The molecule has 7 nitrogen and oxygen atoms in total. The number of nitrogens with one attached hydrogen (secondary N) is 2. The monoisotopic (exact) mass is 394 g/mol. The Balaban J connectivity index is 1.62. The molecule has 0 spiro atoms. The van der Waals surface area contributed by atoms with Crippen molar-refractivity contribution in [1.29, 1.82) is 0 Å². The van der Waals surface area contributed by atoms with Crippen molar-refractivity contribution in [1.82, 2.24) is 15.1 Å². The molecule has 2 N–H and O–H groups in total. The van der Waals surface area contributed by atoms with Crippen molar-refractivity contribution >= 4 is 11.7 Å². The number of aryl methyl sites for hydroxylation is 2. The van der Waals surface area contributed by atoms with Gasteiger partial charge in [0.2, 0.25) is 0 Å². The summed E-state index contributed by atoms with van der Waals surface area (Å²) in [6.45, 7) is 4.42. The molecule has 3 rings (SSSR count). The first-order valence-electron chi connectivity index (χ1n) is 9.40. The highest BCUT2D eigenvalue weighted by molar-refractivity contribution is 5.91. The highest BCUT2D eigenvalue weighted by atomic mass is 16.5. The van der Waals surface area contributed by atoms with Crippen LogP contribution in [0.25, 0.3) is 5.69 Å². The first kappa shape index (κ1) is 20.3. The molecule has 29 heavy (non-hydrogen) atoms. The third-order valence-corrected chi connectivity index (χ3v) is 4.54. The summed E-state index contributed by atoms with van der Waals surface area (Å²) in [4.78, 5) is 12.4. The van der Waals surface area contributed by atoms with Crippen LogP contribution in [0.4, 0.5) is 10.5 Å². The van der Waals surface area contributed by atoms with Crippen molar-refractivity contribution in [2.45, 2.75) is 20.3 Å². The van der Waals surface area contributed by atoms with Crippen LogP contribution in [0.1, 0.15) is 17.0 Å². The van der Waals surface area contributed by atoms with Crippen molar-refractivity contribution in [2.24, 2.45) is 0 Å². The maximum absolute atomic E-state index is 12.4. The Morgan fingerprint density at radius 1 is 1.03 bits per heavy atom. The average Bonchev–Trinajstić information content (AvgIpc) is 3.06.